The van der Waals surface area contributed by atoms with Gasteiger partial charge in [0.15, 0.2) is 5.79 Å². The zero-order valence-corrected chi connectivity index (χ0v) is 14.9. The fraction of sp³-hybridized carbons (Fsp3) is 0.529. The summed E-state index contributed by atoms with van der Waals surface area (Å²) in [5, 5.41) is 8.60. The molecule has 1 N–H and O–H groups in total. The zero-order valence-electron chi connectivity index (χ0n) is 14.9. The second-order valence-corrected chi connectivity index (χ2v) is 5.24. The second kappa shape index (κ2) is 11.6. The molecule has 1 atom stereocenters. The number of aromatic nitrogens is 3. The van der Waals surface area contributed by atoms with E-state index in [4.69, 9.17) is 5.11 Å². The molecule has 2 aromatic rings. The van der Waals surface area contributed by atoms with E-state index in [0.717, 1.165) is 5.52 Å². The van der Waals surface area contributed by atoms with Gasteiger partial charge in [-0.2, -0.15) is 0 Å². The smallest absolute Gasteiger partial charge is 0.159 e. The summed E-state index contributed by atoms with van der Waals surface area (Å²) in [5.74, 6) is -0.958. The number of methoxy groups -OCH3 is 1. The first kappa shape index (κ1) is 22.1. The maximum Gasteiger partial charge on any atom is 0.159 e. The fourth-order valence-electron chi connectivity index (χ4n) is 2.00. The average molecular weight is 343 g/mol. The van der Waals surface area contributed by atoms with Gasteiger partial charge in [-0.25, -0.2) is 4.98 Å². The third-order valence-electron chi connectivity index (χ3n) is 3.22. The maximum atomic E-state index is 9.50. The van der Waals surface area contributed by atoms with Crippen molar-refractivity contribution in [2.75, 3.05) is 21.5 Å². The molecule has 3 rings (SSSR count). The van der Waals surface area contributed by atoms with Gasteiger partial charge in [-0.05, 0) is 32.8 Å². The molecule has 5 nitrogen and oxygen atoms in total. The lowest BCUT2D eigenvalue weighted by molar-refractivity contribution is -0.155. The Hall–Kier alpha value is -1.86. The van der Waals surface area contributed by atoms with Crippen molar-refractivity contribution in [3.63, 3.8) is 0 Å². The third-order valence-corrected chi connectivity index (χ3v) is 3.22. The van der Waals surface area contributed by atoms with E-state index in [0.29, 0.717) is 20.4 Å². The van der Waals surface area contributed by atoms with E-state index in [1.54, 1.807) is 13.8 Å². The number of allylic oxidation sites excluding steroid dienone is 2. The van der Waals surface area contributed by atoms with Gasteiger partial charge in [-0.1, -0.05) is 12.2 Å². The molecule has 0 spiro atoms. The minimum atomic E-state index is -0.958. The van der Waals surface area contributed by atoms with Crippen LogP contribution >= 0.6 is 0 Å². The van der Waals surface area contributed by atoms with E-state index in [1.807, 2.05) is 24.8 Å². The van der Waals surface area contributed by atoms with Crippen LogP contribution in [0.2, 0.25) is 0 Å². The van der Waals surface area contributed by atoms with Crippen molar-refractivity contribution < 1.29 is 18.6 Å². The molecule has 0 saturated carbocycles. The van der Waals surface area contributed by atoms with E-state index in [1.165, 1.54) is 25.5 Å². The molecule has 1 aliphatic carbocycles. The van der Waals surface area contributed by atoms with Crippen LogP contribution in [0.5, 0.6) is 0 Å². The Morgan fingerprint density at radius 2 is 1.92 bits per heavy atom. The standard InChI is InChI=1S/C11H11N3.C4H10O2.2CH3F/c1-2-4-9(3-1)14-8-13-10-7-12-6-5-11(10)14;1-4(2,5)6-3;2*1-2/h1,3,5-9H,2,4H2;5H,1-3H3;2*1H3. The van der Waals surface area contributed by atoms with Crippen molar-refractivity contribution in [1.29, 1.82) is 0 Å². The Morgan fingerprint density at radius 3 is 2.42 bits per heavy atom. The Balaban J connectivity index is 0.000000453. The first-order valence-corrected chi connectivity index (χ1v) is 7.47. The van der Waals surface area contributed by atoms with E-state index < -0.39 is 5.79 Å². The number of aliphatic hydroxyl groups is 1. The van der Waals surface area contributed by atoms with Gasteiger partial charge in [0, 0.05) is 13.3 Å². The number of rotatable bonds is 2. The predicted molar refractivity (Wildman–Crippen MR) is 92.3 cm³/mol. The molecule has 0 amide bonds. The number of hydrogen-bond acceptors (Lipinski definition) is 4. The summed E-state index contributed by atoms with van der Waals surface area (Å²) in [7, 11) is 2.46. The van der Waals surface area contributed by atoms with E-state index in [9.17, 15) is 8.78 Å². The molecular weight excluding hydrogens is 316 g/mol. The molecule has 0 radical (unpaired) electrons. The number of pyridine rings is 1. The maximum absolute atomic E-state index is 9.50. The van der Waals surface area contributed by atoms with Crippen molar-refractivity contribution >= 4 is 11.0 Å². The molecule has 2 heterocycles. The SMILES string of the molecule is C1=CC(n2cnc3cnccc32)CC1.CF.CF.COC(C)(C)O. The lowest BCUT2D eigenvalue weighted by atomic mass is 10.2. The minimum Gasteiger partial charge on any atom is -0.366 e. The van der Waals surface area contributed by atoms with Crippen LogP contribution in [-0.4, -0.2) is 46.9 Å². The molecule has 136 valence electrons. The van der Waals surface area contributed by atoms with Crippen molar-refractivity contribution in [3.8, 4) is 0 Å². The number of halogens is 2. The number of fused-ring (bicyclic) bond motifs is 1. The molecule has 2 aromatic heterocycles. The van der Waals surface area contributed by atoms with Crippen molar-refractivity contribution in [2.45, 2.75) is 38.5 Å². The van der Waals surface area contributed by atoms with Crippen LogP contribution in [0.3, 0.4) is 0 Å². The van der Waals surface area contributed by atoms with Crippen LogP contribution < -0.4 is 0 Å². The van der Waals surface area contributed by atoms with Gasteiger partial charge >= 0.3 is 0 Å². The van der Waals surface area contributed by atoms with Gasteiger partial charge in [0.25, 0.3) is 0 Å². The normalized spacial score (nSPS) is 15.6. The molecule has 24 heavy (non-hydrogen) atoms. The molecule has 1 aliphatic rings. The number of imidazole rings is 1. The van der Waals surface area contributed by atoms with Gasteiger partial charge in [-0.3, -0.25) is 13.8 Å². The Morgan fingerprint density at radius 1 is 1.29 bits per heavy atom. The van der Waals surface area contributed by atoms with Gasteiger partial charge < -0.3 is 14.4 Å². The van der Waals surface area contributed by atoms with E-state index >= 15 is 0 Å². The highest BCUT2D eigenvalue weighted by Crippen LogP contribution is 2.25. The lowest BCUT2D eigenvalue weighted by Crippen LogP contribution is -2.20. The first-order valence-electron chi connectivity index (χ1n) is 7.47. The second-order valence-electron chi connectivity index (χ2n) is 5.24. The summed E-state index contributed by atoms with van der Waals surface area (Å²) in [5.41, 5.74) is 2.16. The summed E-state index contributed by atoms with van der Waals surface area (Å²) in [6, 6.07) is 2.51. The number of hydrogen-bond donors (Lipinski definition) is 1. The molecular formula is C17H27F2N3O2. The number of ether oxygens (including phenoxy) is 1. The van der Waals surface area contributed by atoms with Gasteiger partial charge in [0.2, 0.25) is 0 Å². The average Bonchev–Trinajstić information content (AvgIpc) is 3.27. The Bertz CT molecular complexity index is 595. The third kappa shape index (κ3) is 7.14. The predicted octanol–water partition coefficient (Wildman–Crippen LogP) is 3.86. The monoisotopic (exact) mass is 343 g/mol. The summed E-state index contributed by atoms with van der Waals surface area (Å²) >= 11 is 0. The van der Waals surface area contributed by atoms with Crippen LogP contribution in [0.1, 0.15) is 32.7 Å². The summed E-state index contributed by atoms with van der Waals surface area (Å²) < 4.78 is 25.7. The van der Waals surface area contributed by atoms with Crippen LogP contribution in [0, 0.1) is 0 Å². The molecule has 7 heteroatoms. The molecule has 0 aliphatic heterocycles. The quantitative estimate of drug-likeness (QED) is 0.664. The van der Waals surface area contributed by atoms with Gasteiger partial charge in [-0.15, -0.1) is 0 Å². The van der Waals surface area contributed by atoms with Gasteiger partial charge in [0.05, 0.1) is 38.4 Å². The van der Waals surface area contributed by atoms with Gasteiger partial charge in [0.1, 0.15) is 5.52 Å². The largest absolute Gasteiger partial charge is 0.366 e. The zero-order chi connectivity index (χ0) is 18.6. The molecule has 0 bridgehead atoms. The highest BCUT2D eigenvalue weighted by atomic mass is 19.1. The number of nitrogens with zero attached hydrogens (tertiary/aromatic N) is 3. The molecule has 0 fully saturated rings. The highest BCUT2D eigenvalue weighted by molar-refractivity contribution is 5.74. The lowest BCUT2D eigenvalue weighted by Gasteiger charge is -2.12. The highest BCUT2D eigenvalue weighted by Gasteiger charge is 2.13. The van der Waals surface area contributed by atoms with Crippen molar-refractivity contribution in [3.05, 3.63) is 36.9 Å². The summed E-state index contributed by atoms with van der Waals surface area (Å²) in [4.78, 5) is 8.39. The van der Waals surface area contributed by atoms with Crippen molar-refractivity contribution in [2.24, 2.45) is 0 Å². The summed E-state index contributed by atoms with van der Waals surface area (Å²) in [6.45, 7) is 3.15. The van der Waals surface area contributed by atoms with Crippen molar-refractivity contribution in [1.82, 2.24) is 14.5 Å². The molecule has 1 unspecified atom stereocenters. The first-order chi connectivity index (χ1) is 11.5. The van der Waals surface area contributed by atoms with E-state index in [-0.39, 0.29) is 0 Å². The fourth-order valence-corrected chi connectivity index (χ4v) is 2.00. The van der Waals surface area contributed by atoms with Crippen LogP contribution in [0.15, 0.2) is 36.9 Å². The molecule has 0 aromatic carbocycles. The van der Waals surface area contributed by atoms with Crippen LogP contribution in [0.4, 0.5) is 8.78 Å². The number of alkyl halides is 2. The van der Waals surface area contributed by atoms with Crippen LogP contribution in [0.25, 0.3) is 11.0 Å². The Labute approximate surface area is 142 Å². The minimum absolute atomic E-state index is 0.488. The van der Waals surface area contributed by atoms with Crippen LogP contribution in [-0.2, 0) is 4.74 Å². The van der Waals surface area contributed by atoms with E-state index in [2.05, 4.69) is 31.4 Å². The molecule has 0 saturated heterocycles. The topological polar surface area (TPSA) is 60.2 Å². The Kier molecular flexibility index (Phi) is 10.7. The summed E-state index contributed by atoms with van der Waals surface area (Å²) in [6.07, 6.45) is 12.4.